The minimum absolute atomic E-state index is 0.0529. The second-order valence-electron chi connectivity index (χ2n) is 9.17. The summed E-state index contributed by atoms with van der Waals surface area (Å²) in [5.41, 5.74) is 7.20. The number of ether oxygens (including phenoxy) is 2. The molecular formula is C26H29FN4O4. The molecule has 9 heteroatoms. The van der Waals surface area contributed by atoms with E-state index >= 15 is 0 Å². The van der Waals surface area contributed by atoms with Crippen molar-refractivity contribution in [1.29, 1.82) is 0 Å². The number of nitrogens with zero attached hydrogens (tertiary/aromatic N) is 3. The maximum atomic E-state index is 13.3. The van der Waals surface area contributed by atoms with E-state index < -0.39 is 23.5 Å². The van der Waals surface area contributed by atoms with Gasteiger partial charge in [-0.2, -0.15) is 0 Å². The smallest absolute Gasteiger partial charge is 0.344 e. The van der Waals surface area contributed by atoms with Crippen LogP contribution in [0, 0.1) is 5.82 Å². The van der Waals surface area contributed by atoms with Gasteiger partial charge in [-0.1, -0.05) is 17.7 Å². The number of aliphatic hydroxyl groups excluding tert-OH is 1. The molecule has 0 aliphatic carbocycles. The van der Waals surface area contributed by atoms with Crippen molar-refractivity contribution in [2.24, 2.45) is 10.7 Å². The minimum Gasteiger partial charge on any atom is -0.482 e. The summed E-state index contributed by atoms with van der Waals surface area (Å²) < 4.78 is 24.2. The van der Waals surface area contributed by atoms with Gasteiger partial charge in [0.2, 0.25) is 0 Å². The van der Waals surface area contributed by atoms with Crippen molar-refractivity contribution in [2.75, 3.05) is 6.61 Å². The quantitative estimate of drug-likeness (QED) is 0.290. The zero-order valence-corrected chi connectivity index (χ0v) is 20.4. The number of hydrogen-bond acceptors (Lipinski definition) is 7. The average molecular weight is 481 g/mol. The third-order valence-electron chi connectivity index (χ3n) is 4.54. The summed E-state index contributed by atoms with van der Waals surface area (Å²) in [7, 11) is 0. The lowest BCUT2D eigenvalue weighted by atomic mass is 10.1. The minimum atomic E-state index is -1.23. The number of carbonyl (C=O) groups excluding carboxylic acids is 1. The van der Waals surface area contributed by atoms with Gasteiger partial charge in [-0.25, -0.2) is 24.1 Å². The molecule has 35 heavy (non-hydrogen) atoms. The fourth-order valence-corrected chi connectivity index (χ4v) is 3.17. The van der Waals surface area contributed by atoms with E-state index in [1.165, 1.54) is 24.3 Å². The van der Waals surface area contributed by atoms with Crippen LogP contribution in [-0.2, 0) is 9.53 Å². The van der Waals surface area contributed by atoms with Gasteiger partial charge < -0.3 is 20.3 Å². The van der Waals surface area contributed by atoms with Crippen LogP contribution in [0.5, 0.6) is 5.75 Å². The van der Waals surface area contributed by atoms with Gasteiger partial charge in [-0.15, -0.1) is 0 Å². The normalized spacial score (nSPS) is 12.8. The van der Waals surface area contributed by atoms with Crippen molar-refractivity contribution in [2.45, 2.75) is 46.3 Å². The standard InChI is InChI=1S/C26H29FN4O4/c1-15(2)12-21(28)30-24-19-11-10-18(34-14-22(32)35-26(3,4)5)13-20(19)29-25(31-24)23(33)16-6-8-17(27)9-7-16/h6-13,23,33H,14H2,1-5H3,(H2,28,29,30,31). The van der Waals surface area contributed by atoms with Gasteiger partial charge in [-0.05, 0) is 70.5 Å². The van der Waals surface area contributed by atoms with Gasteiger partial charge in [0.05, 0.1) is 5.52 Å². The van der Waals surface area contributed by atoms with Gasteiger partial charge in [-0.3, -0.25) is 0 Å². The maximum absolute atomic E-state index is 13.3. The highest BCUT2D eigenvalue weighted by atomic mass is 19.1. The molecule has 0 amide bonds. The number of fused-ring (bicyclic) bond motifs is 1. The van der Waals surface area contributed by atoms with E-state index in [9.17, 15) is 14.3 Å². The molecule has 0 saturated heterocycles. The fraction of sp³-hybridized carbons (Fsp3) is 0.308. The highest BCUT2D eigenvalue weighted by molar-refractivity contribution is 5.97. The summed E-state index contributed by atoms with van der Waals surface area (Å²) in [6.45, 7) is 8.81. The molecule has 0 saturated carbocycles. The molecule has 0 spiro atoms. The highest BCUT2D eigenvalue weighted by Gasteiger charge is 2.19. The SMILES string of the molecule is CC(C)=CC(N)=Nc1nc(C(O)c2ccc(F)cc2)nc2cc(OCC(=O)OC(C)(C)C)ccc12. The van der Waals surface area contributed by atoms with Gasteiger partial charge in [0.15, 0.2) is 18.2 Å². The summed E-state index contributed by atoms with van der Waals surface area (Å²) in [4.78, 5) is 25.3. The molecule has 3 N–H and O–H groups in total. The summed E-state index contributed by atoms with van der Waals surface area (Å²) in [5.74, 6) is -0.0228. The van der Waals surface area contributed by atoms with E-state index in [1.54, 1.807) is 45.0 Å². The fourth-order valence-electron chi connectivity index (χ4n) is 3.17. The van der Waals surface area contributed by atoms with Gasteiger partial charge in [0.1, 0.15) is 29.1 Å². The Morgan fingerprint density at radius 2 is 1.86 bits per heavy atom. The molecule has 184 valence electrons. The summed E-state index contributed by atoms with van der Waals surface area (Å²) >= 11 is 0. The zero-order chi connectivity index (χ0) is 25.8. The van der Waals surface area contributed by atoms with Crippen LogP contribution in [-0.4, -0.2) is 39.1 Å². The predicted octanol–water partition coefficient (Wildman–Crippen LogP) is 4.53. The second-order valence-corrected chi connectivity index (χ2v) is 9.17. The Labute approximate surface area is 203 Å². The van der Waals surface area contributed by atoms with Gasteiger partial charge >= 0.3 is 5.97 Å². The number of nitrogens with two attached hydrogens (primary N) is 1. The van der Waals surface area contributed by atoms with Gasteiger partial charge in [0, 0.05) is 11.5 Å². The Bertz CT molecular complexity index is 1280. The summed E-state index contributed by atoms with van der Waals surface area (Å²) in [6.07, 6.45) is 0.465. The molecule has 0 aliphatic rings. The van der Waals surface area contributed by atoms with Crippen LogP contribution in [0.25, 0.3) is 10.9 Å². The van der Waals surface area contributed by atoms with Crippen LogP contribution in [0.15, 0.2) is 59.1 Å². The first-order valence-electron chi connectivity index (χ1n) is 11.0. The molecule has 1 heterocycles. The van der Waals surface area contributed by atoms with Crippen molar-refractivity contribution in [3.8, 4) is 5.75 Å². The number of halogens is 1. The lowest BCUT2D eigenvalue weighted by Crippen LogP contribution is -2.27. The largest absolute Gasteiger partial charge is 0.482 e. The molecule has 0 bridgehead atoms. The molecule has 1 atom stereocenters. The number of benzene rings is 2. The monoisotopic (exact) mass is 480 g/mol. The number of aromatic nitrogens is 2. The molecule has 3 aromatic rings. The number of carbonyl (C=O) groups is 1. The number of aliphatic imine (C=N–C) groups is 1. The van der Waals surface area contributed by atoms with Crippen LogP contribution in [0.4, 0.5) is 10.2 Å². The van der Waals surface area contributed by atoms with E-state index in [4.69, 9.17) is 15.2 Å². The number of amidine groups is 1. The Balaban J connectivity index is 2.02. The number of aliphatic hydroxyl groups is 1. The summed E-state index contributed by atoms with van der Waals surface area (Å²) in [5, 5.41) is 11.4. The topological polar surface area (TPSA) is 120 Å². The highest BCUT2D eigenvalue weighted by Crippen LogP contribution is 2.30. The Kier molecular flexibility index (Phi) is 7.81. The molecular weight excluding hydrogens is 451 g/mol. The van der Waals surface area contributed by atoms with E-state index in [0.29, 0.717) is 22.2 Å². The Morgan fingerprint density at radius 1 is 1.17 bits per heavy atom. The summed E-state index contributed by atoms with van der Waals surface area (Å²) in [6, 6.07) is 10.4. The molecule has 1 unspecified atom stereocenters. The Hall–Kier alpha value is -3.85. The average Bonchev–Trinajstić information content (AvgIpc) is 2.75. The number of allylic oxidation sites excluding steroid dienone is 1. The first kappa shape index (κ1) is 25.8. The lowest BCUT2D eigenvalue weighted by molar-refractivity contribution is -0.157. The first-order valence-corrected chi connectivity index (χ1v) is 11.0. The van der Waals surface area contributed by atoms with Crippen molar-refractivity contribution >= 4 is 28.5 Å². The molecule has 2 aromatic carbocycles. The van der Waals surface area contributed by atoms with Crippen LogP contribution in [0.2, 0.25) is 0 Å². The Morgan fingerprint density at radius 3 is 2.49 bits per heavy atom. The van der Waals surface area contributed by atoms with E-state index in [0.717, 1.165) is 5.57 Å². The molecule has 3 rings (SSSR count). The number of esters is 1. The maximum Gasteiger partial charge on any atom is 0.344 e. The number of hydrogen-bond donors (Lipinski definition) is 2. The van der Waals surface area contributed by atoms with Crippen molar-refractivity contribution in [3.05, 3.63) is 71.3 Å². The van der Waals surface area contributed by atoms with E-state index in [2.05, 4.69) is 15.0 Å². The third-order valence-corrected chi connectivity index (χ3v) is 4.54. The molecule has 0 radical (unpaired) electrons. The molecule has 1 aromatic heterocycles. The van der Waals surface area contributed by atoms with Crippen LogP contribution < -0.4 is 10.5 Å². The van der Waals surface area contributed by atoms with Crippen LogP contribution >= 0.6 is 0 Å². The first-order chi connectivity index (χ1) is 16.4. The van der Waals surface area contributed by atoms with E-state index in [-0.39, 0.29) is 24.1 Å². The van der Waals surface area contributed by atoms with Crippen molar-refractivity contribution < 1.29 is 23.8 Å². The van der Waals surface area contributed by atoms with Crippen molar-refractivity contribution in [3.63, 3.8) is 0 Å². The molecule has 0 aliphatic heterocycles. The second kappa shape index (κ2) is 10.6. The van der Waals surface area contributed by atoms with Crippen molar-refractivity contribution in [1.82, 2.24) is 9.97 Å². The van der Waals surface area contributed by atoms with Gasteiger partial charge in [0.25, 0.3) is 0 Å². The van der Waals surface area contributed by atoms with Crippen LogP contribution in [0.3, 0.4) is 0 Å². The number of rotatable bonds is 7. The van der Waals surface area contributed by atoms with E-state index in [1.807, 2.05) is 13.8 Å². The lowest BCUT2D eigenvalue weighted by Gasteiger charge is -2.19. The van der Waals surface area contributed by atoms with Crippen LogP contribution in [0.1, 0.15) is 52.1 Å². The predicted molar refractivity (Wildman–Crippen MR) is 132 cm³/mol. The molecule has 8 nitrogen and oxygen atoms in total. The molecule has 0 fully saturated rings. The zero-order valence-electron chi connectivity index (χ0n) is 20.4. The third kappa shape index (κ3) is 7.31.